The molecule has 0 amide bonds. The third kappa shape index (κ3) is 3.29. The van der Waals surface area contributed by atoms with Crippen molar-refractivity contribution in [1.29, 1.82) is 0 Å². The van der Waals surface area contributed by atoms with E-state index in [1.54, 1.807) is 26.4 Å². The Kier molecular flexibility index (Phi) is 4.90. The molecule has 6 heteroatoms. The van der Waals surface area contributed by atoms with Crippen LogP contribution in [0.15, 0.2) is 47.3 Å². The van der Waals surface area contributed by atoms with E-state index in [2.05, 4.69) is 4.98 Å². The number of pyridine rings is 1. The molecule has 1 aromatic heterocycles. The maximum Gasteiger partial charge on any atom is 0.256 e. The van der Waals surface area contributed by atoms with Crippen molar-refractivity contribution >= 4 is 10.8 Å². The highest BCUT2D eigenvalue weighted by Gasteiger charge is 2.12. The molecule has 0 aliphatic carbocycles. The van der Waals surface area contributed by atoms with Gasteiger partial charge in [-0.3, -0.25) is 4.79 Å². The highest BCUT2D eigenvalue weighted by Crippen LogP contribution is 2.34. The van der Waals surface area contributed by atoms with Gasteiger partial charge in [0.15, 0.2) is 18.3 Å². The summed E-state index contributed by atoms with van der Waals surface area (Å²) < 4.78 is 21.1. The summed E-state index contributed by atoms with van der Waals surface area (Å²) in [5.74, 6) is 1.70. The number of H-pyrrole nitrogens is 1. The van der Waals surface area contributed by atoms with Gasteiger partial charge in [-0.25, -0.2) is 0 Å². The Bertz CT molecular complexity index is 948. The van der Waals surface area contributed by atoms with E-state index in [1.165, 1.54) is 7.11 Å². The molecule has 0 aliphatic heterocycles. The summed E-state index contributed by atoms with van der Waals surface area (Å²) in [4.78, 5) is 15.4. The topological polar surface area (TPSA) is 69.8 Å². The zero-order chi connectivity index (χ0) is 17.8. The molecule has 0 unspecified atom stereocenters. The van der Waals surface area contributed by atoms with E-state index in [9.17, 15) is 4.79 Å². The summed E-state index contributed by atoms with van der Waals surface area (Å²) in [5, 5.41) is 1.27. The first-order valence-corrected chi connectivity index (χ1v) is 7.68. The van der Waals surface area contributed by atoms with Gasteiger partial charge in [-0.2, -0.15) is 0 Å². The Morgan fingerprint density at radius 3 is 2.36 bits per heavy atom. The number of aromatic amines is 1. The molecule has 0 atom stereocenters. The molecule has 0 aliphatic rings. The van der Waals surface area contributed by atoms with Gasteiger partial charge < -0.3 is 23.9 Å². The lowest BCUT2D eigenvalue weighted by Crippen LogP contribution is -2.08. The van der Waals surface area contributed by atoms with Crippen molar-refractivity contribution in [3.8, 4) is 28.5 Å². The van der Waals surface area contributed by atoms with Crippen LogP contribution in [0, 0.1) is 0 Å². The number of rotatable bonds is 6. The molecule has 1 heterocycles. The maximum atomic E-state index is 12.5. The van der Waals surface area contributed by atoms with E-state index in [0.29, 0.717) is 28.3 Å². The van der Waals surface area contributed by atoms with E-state index < -0.39 is 0 Å². The van der Waals surface area contributed by atoms with Crippen molar-refractivity contribution in [1.82, 2.24) is 4.98 Å². The largest absolute Gasteiger partial charge is 0.493 e. The second-order valence-corrected chi connectivity index (χ2v) is 5.35. The van der Waals surface area contributed by atoms with Crippen LogP contribution in [-0.2, 0) is 4.74 Å². The maximum absolute atomic E-state index is 12.5. The fraction of sp³-hybridized carbons (Fsp3) is 0.211. The minimum absolute atomic E-state index is 0.125. The zero-order valence-electron chi connectivity index (χ0n) is 14.3. The Morgan fingerprint density at radius 2 is 1.64 bits per heavy atom. The first kappa shape index (κ1) is 16.9. The van der Waals surface area contributed by atoms with Crippen molar-refractivity contribution in [2.24, 2.45) is 0 Å². The van der Waals surface area contributed by atoms with Crippen molar-refractivity contribution in [2.45, 2.75) is 0 Å². The van der Waals surface area contributed by atoms with Gasteiger partial charge in [0.1, 0.15) is 5.75 Å². The van der Waals surface area contributed by atoms with Gasteiger partial charge in [0.05, 0.1) is 25.3 Å². The number of benzene rings is 2. The number of aromatic nitrogens is 1. The number of para-hydroxylation sites is 1. The first-order chi connectivity index (χ1) is 12.2. The van der Waals surface area contributed by atoms with E-state index in [4.69, 9.17) is 18.9 Å². The summed E-state index contributed by atoms with van der Waals surface area (Å²) in [5.41, 5.74) is 1.21. The molecule has 0 saturated carbocycles. The molecule has 3 aromatic rings. The number of hydrogen-bond donors (Lipinski definition) is 1. The summed E-state index contributed by atoms with van der Waals surface area (Å²) in [7, 11) is 4.65. The number of methoxy groups -OCH3 is 3. The molecule has 0 saturated heterocycles. The Hall–Kier alpha value is -2.99. The highest BCUT2D eigenvalue weighted by atomic mass is 16.7. The van der Waals surface area contributed by atoms with E-state index in [-0.39, 0.29) is 12.4 Å². The fourth-order valence-corrected chi connectivity index (χ4v) is 2.67. The van der Waals surface area contributed by atoms with Crippen LogP contribution in [0.1, 0.15) is 0 Å². The van der Waals surface area contributed by atoms with Crippen LogP contribution < -0.4 is 19.8 Å². The lowest BCUT2D eigenvalue weighted by atomic mass is 10.1. The lowest BCUT2D eigenvalue weighted by Gasteiger charge is -2.12. The Labute approximate surface area is 144 Å². The zero-order valence-corrected chi connectivity index (χ0v) is 14.3. The van der Waals surface area contributed by atoms with Crippen LogP contribution in [0.3, 0.4) is 0 Å². The minimum Gasteiger partial charge on any atom is -0.493 e. The van der Waals surface area contributed by atoms with E-state index in [1.807, 2.05) is 30.3 Å². The summed E-state index contributed by atoms with van der Waals surface area (Å²) >= 11 is 0. The molecule has 0 fully saturated rings. The van der Waals surface area contributed by atoms with Crippen molar-refractivity contribution < 1.29 is 18.9 Å². The second-order valence-electron chi connectivity index (χ2n) is 5.35. The Balaban J connectivity index is 2.17. The van der Waals surface area contributed by atoms with Gasteiger partial charge in [-0.05, 0) is 35.7 Å². The van der Waals surface area contributed by atoms with Crippen molar-refractivity contribution in [2.75, 3.05) is 28.1 Å². The third-order valence-corrected chi connectivity index (χ3v) is 3.86. The number of fused-ring (bicyclic) bond motifs is 1. The van der Waals surface area contributed by atoms with Gasteiger partial charge in [0.2, 0.25) is 0 Å². The van der Waals surface area contributed by atoms with Crippen molar-refractivity contribution in [3.05, 3.63) is 52.8 Å². The molecule has 1 N–H and O–H groups in total. The molecule has 2 aromatic carbocycles. The SMILES string of the molecule is COCOc1ccccc1-c1cc2cc(OC)c(OC)cc2c(=O)[nH]1. The lowest BCUT2D eigenvalue weighted by molar-refractivity contribution is 0.0515. The number of ether oxygens (including phenoxy) is 4. The second kappa shape index (κ2) is 7.27. The van der Waals surface area contributed by atoms with Crippen LogP contribution in [0.5, 0.6) is 17.2 Å². The first-order valence-electron chi connectivity index (χ1n) is 7.68. The molecular formula is C19H19NO5. The normalized spacial score (nSPS) is 10.7. The van der Waals surface area contributed by atoms with Crippen molar-refractivity contribution in [3.63, 3.8) is 0 Å². The Morgan fingerprint density at radius 1 is 0.920 bits per heavy atom. The quantitative estimate of drug-likeness (QED) is 0.697. The molecule has 6 nitrogen and oxygen atoms in total. The predicted molar refractivity (Wildman–Crippen MR) is 95.6 cm³/mol. The molecular weight excluding hydrogens is 322 g/mol. The van der Waals surface area contributed by atoms with E-state index in [0.717, 1.165) is 10.9 Å². The third-order valence-electron chi connectivity index (χ3n) is 3.86. The van der Waals surface area contributed by atoms with E-state index >= 15 is 0 Å². The minimum atomic E-state index is -0.213. The predicted octanol–water partition coefficient (Wildman–Crippen LogP) is 3.20. The molecule has 130 valence electrons. The standard InChI is InChI=1S/C19H19NO5/c1-22-11-25-16-7-5-4-6-13(16)15-8-12-9-17(23-2)18(24-3)10-14(12)19(21)20-15/h4-10H,11H2,1-3H3,(H,20,21). The molecule has 25 heavy (non-hydrogen) atoms. The van der Waals surface area contributed by atoms with Crippen LogP contribution in [0.2, 0.25) is 0 Å². The summed E-state index contributed by atoms with van der Waals surface area (Å²) in [6.07, 6.45) is 0. The smallest absolute Gasteiger partial charge is 0.256 e. The summed E-state index contributed by atoms with van der Waals surface area (Å²) in [6, 6.07) is 12.8. The summed E-state index contributed by atoms with van der Waals surface area (Å²) in [6.45, 7) is 0.125. The van der Waals surface area contributed by atoms with Crippen LogP contribution in [0.4, 0.5) is 0 Å². The van der Waals surface area contributed by atoms with Gasteiger partial charge in [0.25, 0.3) is 5.56 Å². The number of nitrogens with one attached hydrogen (secondary N) is 1. The number of hydrogen-bond acceptors (Lipinski definition) is 5. The molecule has 0 spiro atoms. The molecule has 3 rings (SSSR count). The fourth-order valence-electron chi connectivity index (χ4n) is 2.67. The monoisotopic (exact) mass is 341 g/mol. The average molecular weight is 341 g/mol. The van der Waals surface area contributed by atoms with Gasteiger partial charge in [0, 0.05) is 12.7 Å². The average Bonchev–Trinajstić information content (AvgIpc) is 2.65. The highest BCUT2D eigenvalue weighted by molar-refractivity contribution is 5.88. The molecule has 0 bridgehead atoms. The van der Waals surface area contributed by atoms with Crippen LogP contribution in [-0.4, -0.2) is 33.1 Å². The van der Waals surface area contributed by atoms with Gasteiger partial charge >= 0.3 is 0 Å². The van der Waals surface area contributed by atoms with Crippen LogP contribution in [0.25, 0.3) is 22.0 Å². The van der Waals surface area contributed by atoms with Crippen LogP contribution >= 0.6 is 0 Å². The van der Waals surface area contributed by atoms with Gasteiger partial charge in [-0.1, -0.05) is 12.1 Å². The van der Waals surface area contributed by atoms with Gasteiger partial charge in [-0.15, -0.1) is 0 Å². The molecule has 0 radical (unpaired) electrons.